The predicted molar refractivity (Wildman–Crippen MR) is 138 cm³/mol. The smallest absolute Gasteiger partial charge is 0.408 e. The van der Waals surface area contributed by atoms with E-state index in [1.54, 1.807) is 20.8 Å². The van der Waals surface area contributed by atoms with Crippen molar-refractivity contribution in [3.8, 4) is 18.2 Å². The van der Waals surface area contributed by atoms with Gasteiger partial charge in [0.05, 0.1) is 6.42 Å². The molecule has 0 spiro atoms. The third-order valence-electron chi connectivity index (χ3n) is 5.19. The van der Waals surface area contributed by atoms with Crippen LogP contribution in [0.5, 0.6) is 5.75 Å². The third-order valence-corrected chi connectivity index (χ3v) is 5.19. The number of alkyl carbamates (subject to hydrolysis) is 1. The summed E-state index contributed by atoms with van der Waals surface area (Å²) >= 11 is 0. The van der Waals surface area contributed by atoms with Gasteiger partial charge in [0, 0.05) is 11.7 Å². The molecular weight excluding hydrogens is 476 g/mol. The molecule has 2 aromatic rings. The van der Waals surface area contributed by atoms with Crippen LogP contribution in [0.1, 0.15) is 49.9 Å². The van der Waals surface area contributed by atoms with Gasteiger partial charge in [-0.1, -0.05) is 36.8 Å². The van der Waals surface area contributed by atoms with Gasteiger partial charge >= 0.3 is 6.09 Å². The van der Waals surface area contributed by atoms with Gasteiger partial charge in [-0.25, -0.2) is 4.79 Å². The number of carbonyl (C=O) groups excluding carboxylic acids is 4. The molecule has 2 atom stereocenters. The van der Waals surface area contributed by atoms with Crippen molar-refractivity contribution in [3.05, 3.63) is 59.2 Å². The van der Waals surface area contributed by atoms with Crippen LogP contribution >= 0.6 is 0 Å². The van der Waals surface area contributed by atoms with Crippen LogP contribution in [-0.4, -0.2) is 45.5 Å². The summed E-state index contributed by atoms with van der Waals surface area (Å²) in [6, 6.07) is 10.4. The molecule has 0 saturated heterocycles. The highest BCUT2D eigenvalue weighted by Gasteiger charge is 2.37. The van der Waals surface area contributed by atoms with E-state index in [0.717, 1.165) is 16.0 Å². The minimum atomic E-state index is -1.52. The normalized spacial score (nSPS) is 12.4. The highest BCUT2D eigenvalue weighted by molar-refractivity contribution is 6.01. The van der Waals surface area contributed by atoms with Gasteiger partial charge in [-0.3, -0.25) is 19.3 Å². The van der Waals surface area contributed by atoms with E-state index in [4.69, 9.17) is 16.9 Å². The van der Waals surface area contributed by atoms with Crippen molar-refractivity contribution in [2.75, 3.05) is 5.32 Å². The fourth-order valence-electron chi connectivity index (χ4n) is 3.60. The number of phenolic OH excluding ortho intramolecular Hbond substituents is 1. The fraction of sp³-hybridized carbons (Fsp3) is 0.333. The van der Waals surface area contributed by atoms with Crippen LogP contribution in [0.3, 0.4) is 0 Å². The Morgan fingerprint density at radius 2 is 1.70 bits per heavy atom. The molecule has 0 aliphatic heterocycles. The van der Waals surface area contributed by atoms with Gasteiger partial charge in [0.25, 0.3) is 11.8 Å². The number of hydrogen-bond acceptors (Lipinski definition) is 6. The standard InChI is InChI=1S/C27H32N4O6/c1-7-31(25(35)20(15-21(28)33)29-26(36)37-27(4,5)6)23(18-12-9-13-19(32)14-18)24(34)30-22-16(2)10-8-11-17(22)3/h1,8-14,20,23,32H,15H2,2-6H3,(H2,28,33)(H,29,36)(H,30,34). The number of nitrogens with one attached hydrogen (secondary N) is 2. The second kappa shape index (κ2) is 11.9. The molecule has 10 nitrogen and oxygen atoms in total. The first kappa shape index (κ1) is 28.7. The molecule has 0 aromatic heterocycles. The van der Waals surface area contributed by atoms with Gasteiger partial charge in [-0.15, -0.1) is 0 Å². The maximum Gasteiger partial charge on any atom is 0.408 e. The number of primary amides is 1. The number of aromatic hydroxyl groups is 1. The van der Waals surface area contributed by atoms with Gasteiger partial charge in [-0.05, 0) is 63.4 Å². The molecular formula is C27H32N4O6. The monoisotopic (exact) mass is 508 g/mol. The van der Waals surface area contributed by atoms with E-state index in [9.17, 15) is 24.3 Å². The van der Waals surface area contributed by atoms with Gasteiger partial charge in [-0.2, -0.15) is 0 Å². The second-order valence-electron chi connectivity index (χ2n) is 9.46. The Hall–Kier alpha value is -4.52. The Morgan fingerprint density at radius 3 is 2.22 bits per heavy atom. The molecule has 5 N–H and O–H groups in total. The molecule has 10 heteroatoms. The molecule has 196 valence electrons. The topological polar surface area (TPSA) is 151 Å². The lowest BCUT2D eigenvalue weighted by molar-refractivity contribution is -0.138. The van der Waals surface area contributed by atoms with Crippen LogP contribution in [-0.2, 0) is 19.1 Å². The Bertz CT molecular complexity index is 1210. The van der Waals surface area contributed by atoms with E-state index in [0.29, 0.717) is 5.69 Å². The highest BCUT2D eigenvalue weighted by atomic mass is 16.6. The Balaban J connectivity index is 2.51. The van der Waals surface area contributed by atoms with Crippen LogP contribution in [0.15, 0.2) is 42.5 Å². The molecule has 0 fully saturated rings. The SMILES string of the molecule is C#CN(C(=O)C(CC(N)=O)NC(=O)OC(C)(C)C)C(C(=O)Nc1c(C)cccc1C)c1cccc(O)c1. The number of anilines is 1. The number of ether oxygens (including phenoxy) is 1. The molecule has 0 saturated carbocycles. The number of nitrogens with zero attached hydrogens (tertiary/aromatic N) is 1. The van der Waals surface area contributed by atoms with E-state index in [2.05, 4.69) is 16.7 Å². The maximum atomic E-state index is 13.6. The number of benzene rings is 2. The predicted octanol–water partition coefficient (Wildman–Crippen LogP) is 2.88. The summed E-state index contributed by atoms with van der Waals surface area (Å²) in [6.45, 7) is 8.50. The number of amides is 4. The number of hydrogen-bond donors (Lipinski definition) is 4. The summed E-state index contributed by atoms with van der Waals surface area (Å²) in [5.41, 5.74) is 6.71. The minimum absolute atomic E-state index is 0.160. The lowest BCUT2D eigenvalue weighted by Crippen LogP contribution is -2.52. The zero-order valence-corrected chi connectivity index (χ0v) is 21.5. The summed E-state index contributed by atoms with van der Waals surface area (Å²) < 4.78 is 5.19. The van der Waals surface area contributed by atoms with Gasteiger partial charge in [0.1, 0.15) is 23.4 Å². The number of phenols is 1. The summed E-state index contributed by atoms with van der Waals surface area (Å²) in [4.78, 5) is 52.0. The number of rotatable bonds is 8. The van der Waals surface area contributed by atoms with Gasteiger partial charge in [0.15, 0.2) is 0 Å². The summed E-state index contributed by atoms with van der Waals surface area (Å²) in [7, 11) is 0. The van der Waals surface area contributed by atoms with Crippen molar-refractivity contribution in [1.82, 2.24) is 10.2 Å². The van der Waals surface area contributed by atoms with E-state index in [1.807, 2.05) is 32.0 Å². The number of para-hydroxylation sites is 1. The first-order chi connectivity index (χ1) is 17.2. The van der Waals surface area contributed by atoms with Gasteiger partial charge < -0.3 is 26.2 Å². The first-order valence-corrected chi connectivity index (χ1v) is 11.5. The zero-order valence-electron chi connectivity index (χ0n) is 21.5. The number of aryl methyl sites for hydroxylation is 2. The van der Waals surface area contributed by atoms with Crippen molar-refractivity contribution in [3.63, 3.8) is 0 Å². The van der Waals surface area contributed by atoms with Crippen molar-refractivity contribution in [2.45, 2.75) is 58.7 Å². The molecule has 4 amide bonds. The zero-order chi connectivity index (χ0) is 27.9. The molecule has 0 heterocycles. The van der Waals surface area contributed by atoms with Crippen molar-refractivity contribution >= 4 is 29.5 Å². The molecule has 0 aliphatic carbocycles. The average molecular weight is 509 g/mol. The highest BCUT2D eigenvalue weighted by Crippen LogP contribution is 2.28. The second-order valence-corrected chi connectivity index (χ2v) is 9.46. The lowest BCUT2D eigenvalue weighted by atomic mass is 10.0. The summed E-state index contributed by atoms with van der Waals surface area (Å²) in [6.07, 6.45) is 4.12. The van der Waals surface area contributed by atoms with Crippen molar-refractivity contribution in [2.24, 2.45) is 5.73 Å². The Morgan fingerprint density at radius 1 is 1.11 bits per heavy atom. The lowest BCUT2D eigenvalue weighted by Gasteiger charge is -2.30. The summed E-state index contributed by atoms with van der Waals surface area (Å²) in [5, 5.41) is 15.2. The largest absolute Gasteiger partial charge is 0.508 e. The van der Waals surface area contributed by atoms with Gasteiger partial charge in [0.2, 0.25) is 5.91 Å². The van der Waals surface area contributed by atoms with E-state index < -0.39 is 47.9 Å². The van der Waals surface area contributed by atoms with Crippen LogP contribution < -0.4 is 16.4 Å². The molecule has 37 heavy (non-hydrogen) atoms. The number of terminal acetylenes is 1. The maximum absolute atomic E-state index is 13.6. The first-order valence-electron chi connectivity index (χ1n) is 11.5. The minimum Gasteiger partial charge on any atom is -0.508 e. The molecule has 2 unspecified atom stereocenters. The number of carbonyl (C=O) groups is 4. The fourth-order valence-corrected chi connectivity index (χ4v) is 3.60. The van der Waals surface area contributed by atoms with Crippen molar-refractivity contribution < 1.29 is 29.0 Å². The molecule has 2 rings (SSSR count). The quantitative estimate of drug-likeness (QED) is 0.318. The number of nitrogens with two attached hydrogens (primary N) is 1. The van der Waals surface area contributed by atoms with Crippen molar-refractivity contribution in [1.29, 1.82) is 0 Å². The summed E-state index contributed by atoms with van der Waals surface area (Å²) in [5.74, 6) is -2.67. The Kier molecular flexibility index (Phi) is 9.27. The van der Waals surface area contributed by atoms with E-state index in [1.165, 1.54) is 24.3 Å². The van der Waals surface area contributed by atoms with E-state index in [-0.39, 0.29) is 11.3 Å². The molecule has 0 bridgehead atoms. The van der Waals surface area contributed by atoms with Crippen LogP contribution in [0.4, 0.5) is 10.5 Å². The third kappa shape index (κ3) is 8.00. The molecule has 0 aliphatic rings. The van der Waals surface area contributed by atoms with Crippen LogP contribution in [0, 0.1) is 26.3 Å². The van der Waals surface area contributed by atoms with E-state index >= 15 is 0 Å². The molecule has 0 radical (unpaired) electrons. The average Bonchev–Trinajstić information content (AvgIpc) is 2.77. The molecule has 2 aromatic carbocycles. The van der Waals surface area contributed by atoms with Crippen LogP contribution in [0.2, 0.25) is 0 Å². The van der Waals surface area contributed by atoms with Crippen LogP contribution in [0.25, 0.3) is 0 Å². The Labute approximate surface area is 216 Å².